The largest absolute Gasteiger partial charge is 0.338 e. The van der Waals surface area contributed by atoms with Gasteiger partial charge in [0.1, 0.15) is 0 Å². The molecule has 116 valence electrons. The topological polar surface area (TPSA) is 70.4 Å². The molecule has 0 aromatic heterocycles. The summed E-state index contributed by atoms with van der Waals surface area (Å²) in [6, 6.07) is 7.49. The first kappa shape index (κ1) is 15.8. The van der Waals surface area contributed by atoms with Gasteiger partial charge in [0.2, 0.25) is 0 Å². The molecule has 0 aliphatic carbocycles. The van der Waals surface area contributed by atoms with Crippen LogP contribution in [0.15, 0.2) is 24.3 Å². The Morgan fingerprint density at radius 3 is 2.81 bits per heavy atom. The molecule has 1 heterocycles. The Morgan fingerprint density at radius 2 is 2.14 bits per heavy atom. The monoisotopic (exact) mass is 290 g/mol. The third-order valence-electron chi connectivity index (χ3n) is 4.13. The van der Waals surface area contributed by atoms with Gasteiger partial charge in [-0.25, -0.2) is 4.79 Å². The molecule has 0 bridgehead atoms. The summed E-state index contributed by atoms with van der Waals surface area (Å²) < 4.78 is 0. The molecule has 0 radical (unpaired) electrons. The molecular formula is C16H26N4O. The van der Waals surface area contributed by atoms with Crippen LogP contribution in [0.4, 0.5) is 10.5 Å². The fourth-order valence-electron chi connectivity index (χ4n) is 2.70. The number of benzene rings is 1. The first-order valence-electron chi connectivity index (χ1n) is 7.77. The van der Waals surface area contributed by atoms with Crippen LogP contribution in [-0.4, -0.2) is 37.1 Å². The number of anilines is 1. The number of carbonyl (C=O) groups is 1. The second-order valence-corrected chi connectivity index (χ2v) is 5.62. The lowest BCUT2D eigenvalue weighted by molar-refractivity contribution is 0.190. The zero-order valence-electron chi connectivity index (χ0n) is 12.8. The van der Waals surface area contributed by atoms with E-state index >= 15 is 0 Å². The number of carbonyl (C=O) groups excluding carboxylic acids is 1. The number of piperidine rings is 1. The number of hydrogen-bond acceptors (Lipinski definition) is 3. The Balaban J connectivity index is 1.72. The average Bonchev–Trinajstić information content (AvgIpc) is 2.53. The van der Waals surface area contributed by atoms with Crippen LogP contribution in [0.1, 0.15) is 25.3 Å². The summed E-state index contributed by atoms with van der Waals surface area (Å²) in [5.74, 6) is 0.592. The van der Waals surface area contributed by atoms with Gasteiger partial charge in [-0.2, -0.15) is 0 Å². The highest BCUT2D eigenvalue weighted by Crippen LogP contribution is 2.16. The van der Waals surface area contributed by atoms with Crippen molar-refractivity contribution in [3.8, 4) is 0 Å². The Hall–Kier alpha value is -1.59. The van der Waals surface area contributed by atoms with Gasteiger partial charge < -0.3 is 21.3 Å². The highest BCUT2D eigenvalue weighted by Gasteiger charge is 2.18. The minimum absolute atomic E-state index is 0.137. The van der Waals surface area contributed by atoms with E-state index in [1.807, 2.05) is 24.3 Å². The van der Waals surface area contributed by atoms with E-state index in [9.17, 15) is 4.79 Å². The predicted molar refractivity (Wildman–Crippen MR) is 86.2 cm³/mol. The molecule has 0 saturated carbocycles. The van der Waals surface area contributed by atoms with E-state index in [1.54, 1.807) is 0 Å². The molecule has 5 heteroatoms. The fraction of sp³-hybridized carbons (Fsp3) is 0.562. The van der Waals surface area contributed by atoms with Crippen molar-refractivity contribution >= 4 is 11.7 Å². The molecule has 1 saturated heterocycles. The van der Waals surface area contributed by atoms with E-state index < -0.39 is 0 Å². The smallest absolute Gasteiger partial charge is 0.319 e. The van der Waals surface area contributed by atoms with Crippen LogP contribution in [0.25, 0.3) is 0 Å². The van der Waals surface area contributed by atoms with Gasteiger partial charge >= 0.3 is 6.03 Å². The Bertz CT molecular complexity index is 455. The van der Waals surface area contributed by atoms with Crippen molar-refractivity contribution in [3.05, 3.63) is 29.8 Å². The molecule has 1 aromatic rings. The second kappa shape index (κ2) is 8.00. The van der Waals surface area contributed by atoms with Crippen LogP contribution in [0.5, 0.6) is 0 Å². The molecule has 1 aliphatic rings. The zero-order chi connectivity index (χ0) is 15.1. The van der Waals surface area contributed by atoms with Gasteiger partial charge in [-0.1, -0.05) is 19.1 Å². The third kappa shape index (κ3) is 5.02. The molecule has 5 nitrogen and oxygen atoms in total. The lowest BCUT2D eigenvalue weighted by Gasteiger charge is -2.31. The second-order valence-electron chi connectivity index (χ2n) is 5.62. The summed E-state index contributed by atoms with van der Waals surface area (Å²) in [5, 5.41) is 5.83. The number of nitrogens with one attached hydrogen (secondary N) is 2. The SMILES string of the molecule is CCN1CCC(CNC(=O)Nc2cccc(CN)c2)CC1. The Kier molecular flexibility index (Phi) is 6.02. The van der Waals surface area contributed by atoms with Crippen LogP contribution >= 0.6 is 0 Å². The summed E-state index contributed by atoms with van der Waals surface area (Å²) in [5.41, 5.74) is 7.40. The van der Waals surface area contributed by atoms with E-state index in [0.29, 0.717) is 12.5 Å². The van der Waals surface area contributed by atoms with Gasteiger partial charge in [0.25, 0.3) is 0 Å². The summed E-state index contributed by atoms with van der Waals surface area (Å²) in [6.45, 7) is 6.83. The normalized spacial score (nSPS) is 16.7. The molecule has 1 aliphatic heterocycles. The van der Waals surface area contributed by atoms with Crippen molar-refractivity contribution in [2.75, 3.05) is 31.5 Å². The number of amides is 2. The lowest BCUT2D eigenvalue weighted by Crippen LogP contribution is -2.39. The van der Waals surface area contributed by atoms with Crippen LogP contribution in [0, 0.1) is 5.92 Å². The van der Waals surface area contributed by atoms with Crippen LogP contribution < -0.4 is 16.4 Å². The summed E-state index contributed by atoms with van der Waals surface area (Å²) >= 11 is 0. The maximum atomic E-state index is 11.9. The number of urea groups is 1. The van der Waals surface area contributed by atoms with Crippen molar-refractivity contribution in [3.63, 3.8) is 0 Å². The van der Waals surface area contributed by atoms with Crippen molar-refractivity contribution in [2.45, 2.75) is 26.3 Å². The van der Waals surface area contributed by atoms with E-state index in [1.165, 1.54) is 0 Å². The van der Waals surface area contributed by atoms with Crippen molar-refractivity contribution in [1.82, 2.24) is 10.2 Å². The molecule has 2 rings (SSSR count). The van der Waals surface area contributed by atoms with Gasteiger partial charge in [-0.15, -0.1) is 0 Å². The molecule has 1 fully saturated rings. The number of rotatable bonds is 5. The standard InChI is InChI=1S/C16H26N4O/c1-2-20-8-6-13(7-9-20)12-18-16(21)19-15-5-3-4-14(10-15)11-17/h3-5,10,13H,2,6-9,11-12,17H2,1H3,(H2,18,19,21). The average molecular weight is 290 g/mol. The van der Waals surface area contributed by atoms with E-state index in [2.05, 4.69) is 22.5 Å². The highest BCUT2D eigenvalue weighted by atomic mass is 16.2. The van der Waals surface area contributed by atoms with Gasteiger partial charge in [0, 0.05) is 18.8 Å². The van der Waals surface area contributed by atoms with Crippen LogP contribution in [0.2, 0.25) is 0 Å². The minimum Gasteiger partial charge on any atom is -0.338 e. The fourth-order valence-corrected chi connectivity index (χ4v) is 2.70. The Labute approximate surface area is 126 Å². The number of nitrogens with zero attached hydrogens (tertiary/aromatic N) is 1. The predicted octanol–water partition coefficient (Wildman–Crippen LogP) is 2.00. The Morgan fingerprint density at radius 1 is 1.38 bits per heavy atom. The molecule has 2 amide bonds. The van der Waals surface area contributed by atoms with Crippen molar-refractivity contribution < 1.29 is 4.79 Å². The number of nitrogens with two attached hydrogens (primary N) is 1. The van der Waals surface area contributed by atoms with E-state index in [4.69, 9.17) is 5.73 Å². The van der Waals surface area contributed by atoms with Gasteiger partial charge in [0.05, 0.1) is 0 Å². The highest BCUT2D eigenvalue weighted by molar-refractivity contribution is 5.89. The maximum absolute atomic E-state index is 11.9. The maximum Gasteiger partial charge on any atom is 0.319 e. The lowest BCUT2D eigenvalue weighted by atomic mass is 9.97. The molecule has 0 spiro atoms. The van der Waals surface area contributed by atoms with Gasteiger partial charge in [-0.3, -0.25) is 0 Å². The number of hydrogen-bond donors (Lipinski definition) is 3. The van der Waals surface area contributed by atoms with Crippen molar-refractivity contribution in [1.29, 1.82) is 0 Å². The van der Waals surface area contributed by atoms with Crippen molar-refractivity contribution in [2.24, 2.45) is 11.7 Å². The molecular weight excluding hydrogens is 264 g/mol. The summed E-state index contributed by atoms with van der Waals surface area (Å²) in [6.07, 6.45) is 2.33. The van der Waals surface area contributed by atoms with Gasteiger partial charge in [0.15, 0.2) is 0 Å². The molecule has 0 unspecified atom stereocenters. The van der Waals surface area contributed by atoms with E-state index in [0.717, 1.165) is 50.3 Å². The molecule has 1 aromatic carbocycles. The first-order chi connectivity index (χ1) is 10.2. The first-order valence-corrected chi connectivity index (χ1v) is 7.77. The third-order valence-corrected chi connectivity index (χ3v) is 4.13. The summed E-state index contributed by atoms with van der Waals surface area (Å²) in [4.78, 5) is 14.4. The number of likely N-dealkylation sites (tertiary alicyclic amines) is 1. The van der Waals surface area contributed by atoms with Crippen LogP contribution in [-0.2, 0) is 6.54 Å². The van der Waals surface area contributed by atoms with Crippen LogP contribution in [0.3, 0.4) is 0 Å². The minimum atomic E-state index is -0.137. The molecule has 21 heavy (non-hydrogen) atoms. The van der Waals surface area contributed by atoms with Gasteiger partial charge in [-0.05, 0) is 56.1 Å². The zero-order valence-corrected chi connectivity index (χ0v) is 12.8. The molecule has 4 N–H and O–H groups in total. The molecule has 0 atom stereocenters. The van der Waals surface area contributed by atoms with E-state index in [-0.39, 0.29) is 6.03 Å². The summed E-state index contributed by atoms with van der Waals surface area (Å²) in [7, 11) is 0. The quantitative estimate of drug-likeness (QED) is 0.777.